The van der Waals surface area contributed by atoms with Crippen molar-refractivity contribution in [1.29, 1.82) is 0 Å². The molecule has 1 aromatic heterocycles. The van der Waals surface area contributed by atoms with E-state index < -0.39 is 11.9 Å². The molecule has 3 aromatic carbocycles. The van der Waals surface area contributed by atoms with E-state index in [9.17, 15) is 9.18 Å². The topological polar surface area (TPSA) is 64.2 Å². The van der Waals surface area contributed by atoms with Gasteiger partial charge in [0.15, 0.2) is 0 Å². The van der Waals surface area contributed by atoms with Gasteiger partial charge >= 0.3 is 5.97 Å². The molecule has 0 spiro atoms. The van der Waals surface area contributed by atoms with Gasteiger partial charge in [-0.1, -0.05) is 37.3 Å². The first-order valence-electron chi connectivity index (χ1n) is 9.22. The number of halogens is 1. The number of H-pyrrole nitrogens is 1. The lowest BCUT2D eigenvalue weighted by Gasteiger charge is -2.14. The number of benzene rings is 3. The van der Waals surface area contributed by atoms with E-state index in [4.69, 9.17) is 9.47 Å². The summed E-state index contributed by atoms with van der Waals surface area (Å²) in [6.07, 6.45) is 2.28. The summed E-state index contributed by atoms with van der Waals surface area (Å²) in [5.74, 6) is -0.256. The Labute approximate surface area is 167 Å². The zero-order chi connectivity index (χ0) is 20.4. The first kappa shape index (κ1) is 18.7. The van der Waals surface area contributed by atoms with E-state index >= 15 is 0 Å². The lowest BCUT2D eigenvalue weighted by Crippen LogP contribution is -2.04. The van der Waals surface area contributed by atoms with Crippen molar-refractivity contribution in [2.45, 2.75) is 13.3 Å². The summed E-state index contributed by atoms with van der Waals surface area (Å²) in [7, 11) is 1.29. The van der Waals surface area contributed by atoms with Crippen LogP contribution in [0.15, 0.2) is 60.8 Å². The summed E-state index contributed by atoms with van der Waals surface area (Å²) in [5, 5.41) is 8.18. The number of carbonyl (C=O) groups is 1. The molecule has 4 aromatic rings. The highest BCUT2D eigenvalue weighted by atomic mass is 19.1. The van der Waals surface area contributed by atoms with Crippen LogP contribution in [0.3, 0.4) is 0 Å². The second-order valence-electron chi connectivity index (χ2n) is 6.55. The van der Waals surface area contributed by atoms with Crippen molar-refractivity contribution >= 4 is 16.7 Å². The smallest absolute Gasteiger partial charge is 0.341 e. The maximum absolute atomic E-state index is 13.8. The number of esters is 1. The summed E-state index contributed by atoms with van der Waals surface area (Å²) < 4.78 is 24.8. The molecule has 0 fully saturated rings. The average molecular weight is 390 g/mol. The van der Waals surface area contributed by atoms with E-state index in [1.54, 1.807) is 12.1 Å². The van der Waals surface area contributed by atoms with Gasteiger partial charge in [-0.3, -0.25) is 5.10 Å². The molecule has 0 bridgehead atoms. The van der Waals surface area contributed by atoms with Crippen LogP contribution in [-0.4, -0.2) is 23.3 Å². The van der Waals surface area contributed by atoms with E-state index in [1.807, 2.05) is 30.3 Å². The predicted octanol–water partition coefficient (Wildman–Crippen LogP) is 5.51. The minimum Gasteiger partial charge on any atom is -0.465 e. The maximum Gasteiger partial charge on any atom is 0.341 e. The summed E-state index contributed by atoms with van der Waals surface area (Å²) >= 11 is 0. The summed E-state index contributed by atoms with van der Waals surface area (Å²) in [6.45, 7) is 2.08. The number of hydrogen-bond donors (Lipinski definition) is 1. The molecular weight excluding hydrogens is 371 g/mol. The van der Waals surface area contributed by atoms with Gasteiger partial charge in [0.25, 0.3) is 0 Å². The number of hydrogen-bond acceptors (Lipinski definition) is 4. The molecular formula is C23H19FN2O3. The van der Waals surface area contributed by atoms with Crippen molar-refractivity contribution in [2.75, 3.05) is 7.11 Å². The second-order valence-corrected chi connectivity index (χ2v) is 6.55. The number of methoxy groups -OCH3 is 1. The van der Waals surface area contributed by atoms with Gasteiger partial charge < -0.3 is 9.47 Å². The molecule has 0 aliphatic rings. The van der Waals surface area contributed by atoms with E-state index in [1.165, 1.54) is 24.8 Å². The van der Waals surface area contributed by atoms with Crippen LogP contribution >= 0.6 is 0 Å². The van der Waals surface area contributed by atoms with Crippen LogP contribution < -0.4 is 4.74 Å². The van der Waals surface area contributed by atoms with Crippen LogP contribution in [-0.2, 0) is 11.2 Å². The molecule has 0 aliphatic heterocycles. The third-order valence-electron chi connectivity index (χ3n) is 4.82. The van der Waals surface area contributed by atoms with Gasteiger partial charge in [0.2, 0.25) is 5.95 Å². The zero-order valence-electron chi connectivity index (χ0n) is 16.0. The predicted molar refractivity (Wildman–Crippen MR) is 109 cm³/mol. The number of nitrogens with zero attached hydrogens (tertiary/aromatic N) is 1. The van der Waals surface area contributed by atoms with Crippen LogP contribution in [0.1, 0.15) is 22.8 Å². The number of fused-ring (bicyclic) bond motifs is 1. The van der Waals surface area contributed by atoms with Crippen molar-refractivity contribution < 1.29 is 18.7 Å². The minimum atomic E-state index is -0.642. The van der Waals surface area contributed by atoms with E-state index in [-0.39, 0.29) is 11.1 Å². The maximum atomic E-state index is 13.8. The molecule has 0 saturated carbocycles. The molecule has 5 nitrogen and oxygen atoms in total. The van der Waals surface area contributed by atoms with Gasteiger partial charge in [-0.25, -0.2) is 4.79 Å². The van der Waals surface area contributed by atoms with E-state index in [0.717, 1.165) is 17.4 Å². The fraction of sp³-hybridized carbons (Fsp3) is 0.130. The minimum absolute atomic E-state index is 0.205. The molecule has 4 rings (SSSR count). The van der Waals surface area contributed by atoms with Crippen LogP contribution in [0.4, 0.5) is 4.39 Å². The van der Waals surface area contributed by atoms with Gasteiger partial charge in [-0.05, 0) is 52.6 Å². The Morgan fingerprint density at radius 3 is 2.69 bits per heavy atom. The van der Waals surface area contributed by atoms with Gasteiger partial charge in [0.1, 0.15) is 17.1 Å². The number of ether oxygens (including phenoxy) is 2. The van der Waals surface area contributed by atoms with Crippen LogP contribution in [0.25, 0.3) is 21.9 Å². The number of nitrogens with one attached hydrogen (secondary N) is 1. The fourth-order valence-corrected chi connectivity index (χ4v) is 3.37. The Bertz CT molecular complexity index is 1200. The van der Waals surface area contributed by atoms with Crippen molar-refractivity contribution in [3.63, 3.8) is 0 Å². The monoisotopic (exact) mass is 390 g/mol. The zero-order valence-corrected chi connectivity index (χ0v) is 16.0. The first-order chi connectivity index (χ1) is 14.1. The molecule has 146 valence electrons. The molecule has 0 unspecified atom stereocenters. The number of carbonyl (C=O) groups excluding carboxylic acids is 1. The molecule has 29 heavy (non-hydrogen) atoms. The molecule has 0 saturated heterocycles. The number of aromatic nitrogens is 2. The number of aromatic amines is 1. The number of aryl methyl sites for hydroxylation is 1. The highest BCUT2D eigenvalue weighted by molar-refractivity contribution is 5.94. The molecule has 0 aliphatic carbocycles. The quantitative estimate of drug-likeness (QED) is 0.456. The fourth-order valence-electron chi connectivity index (χ4n) is 3.37. The van der Waals surface area contributed by atoms with Crippen molar-refractivity contribution in [1.82, 2.24) is 10.2 Å². The highest BCUT2D eigenvalue weighted by Gasteiger charge is 2.18. The van der Waals surface area contributed by atoms with Crippen molar-refractivity contribution in [3.8, 4) is 22.6 Å². The summed E-state index contributed by atoms with van der Waals surface area (Å²) in [4.78, 5) is 12.3. The Kier molecular flexibility index (Phi) is 4.99. The normalized spacial score (nSPS) is 10.9. The van der Waals surface area contributed by atoms with Crippen LogP contribution in [0, 0.1) is 5.95 Å². The Hall–Kier alpha value is -3.67. The van der Waals surface area contributed by atoms with Gasteiger partial charge in [-0.15, -0.1) is 5.10 Å². The summed E-state index contributed by atoms with van der Waals surface area (Å²) in [5.41, 5.74) is 2.11. The molecule has 0 radical (unpaired) electrons. The van der Waals surface area contributed by atoms with Crippen molar-refractivity contribution in [2.24, 2.45) is 0 Å². The van der Waals surface area contributed by atoms with Gasteiger partial charge in [-0.2, -0.15) is 4.39 Å². The van der Waals surface area contributed by atoms with Crippen LogP contribution in [0.2, 0.25) is 0 Å². The lowest BCUT2D eigenvalue weighted by molar-refractivity contribution is 0.0598. The van der Waals surface area contributed by atoms with Gasteiger partial charge in [0, 0.05) is 6.20 Å². The van der Waals surface area contributed by atoms with E-state index in [2.05, 4.69) is 23.2 Å². The number of rotatable bonds is 5. The Morgan fingerprint density at radius 2 is 1.97 bits per heavy atom. The summed E-state index contributed by atoms with van der Waals surface area (Å²) in [6, 6.07) is 16.8. The highest BCUT2D eigenvalue weighted by Crippen LogP contribution is 2.33. The SMILES string of the molecule is CCc1cc(Oc2ccc(-c3c[nH]nc3F)cc2C(=O)OC)cc2ccccc12. The standard InChI is InChI=1S/C23H19FN2O3/c1-3-14-10-17(11-15-6-4-5-7-18(14)15)29-21-9-8-16(12-19(21)23(27)28-2)20-13-25-26-22(20)24/h4-13H,3H2,1-2H3,(H,25,26). The molecule has 6 heteroatoms. The third-order valence-corrected chi connectivity index (χ3v) is 4.82. The molecule has 1 N–H and O–H groups in total. The Balaban J connectivity index is 1.78. The van der Waals surface area contributed by atoms with Crippen molar-refractivity contribution in [3.05, 3.63) is 77.9 Å². The average Bonchev–Trinajstić information content (AvgIpc) is 3.18. The molecule has 0 amide bonds. The molecule has 0 atom stereocenters. The van der Waals surface area contributed by atoms with E-state index in [0.29, 0.717) is 17.1 Å². The van der Waals surface area contributed by atoms with Crippen LogP contribution in [0.5, 0.6) is 11.5 Å². The second kappa shape index (κ2) is 7.75. The van der Waals surface area contributed by atoms with Gasteiger partial charge in [0.05, 0.1) is 12.7 Å². The molecule has 1 heterocycles. The Morgan fingerprint density at radius 1 is 1.14 bits per heavy atom. The largest absolute Gasteiger partial charge is 0.465 e. The first-order valence-corrected chi connectivity index (χ1v) is 9.22. The lowest BCUT2D eigenvalue weighted by atomic mass is 10.0. The third kappa shape index (κ3) is 3.57.